The monoisotopic (exact) mass is 289 g/mol. The average Bonchev–Trinajstić information content (AvgIpc) is 2.37. The van der Waals surface area contributed by atoms with Crippen molar-refractivity contribution in [3.05, 3.63) is 35.4 Å². The maximum Gasteiger partial charge on any atom is 0.416 e. The lowest BCUT2D eigenvalue weighted by Crippen LogP contribution is -2.36. The molecule has 3 nitrogen and oxygen atoms in total. The number of nitrogens with one attached hydrogen (secondary N) is 1. The van der Waals surface area contributed by atoms with E-state index in [0.29, 0.717) is 0 Å². The van der Waals surface area contributed by atoms with Gasteiger partial charge in [0.1, 0.15) is 0 Å². The molecule has 0 heterocycles. The normalized spacial score (nSPS) is 12.3. The molecular formula is C14H18F3NO2. The Morgan fingerprint density at radius 2 is 1.85 bits per heavy atom. The average molecular weight is 289 g/mol. The second-order valence-corrected chi connectivity index (χ2v) is 5.13. The van der Waals surface area contributed by atoms with Crippen molar-refractivity contribution in [2.24, 2.45) is 5.41 Å². The van der Waals surface area contributed by atoms with E-state index >= 15 is 0 Å². The number of esters is 1. The van der Waals surface area contributed by atoms with Crippen molar-refractivity contribution in [2.75, 3.05) is 13.7 Å². The van der Waals surface area contributed by atoms with Crippen LogP contribution in [0.2, 0.25) is 0 Å². The summed E-state index contributed by atoms with van der Waals surface area (Å²) in [6, 6.07) is 5.37. The van der Waals surface area contributed by atoms with E-state index in [1.807, 2.05) is 0 Å². The number of halogens is 3. The van der Waals surface area contributed by atoms with Crippen molar-refractivity contribution in [2.45, 2.75) is 26.6 Å². The van der Waals surface area contributed by atoms with Crippen molar-refractivity contribution >= 4 is 5.97 Å². The first-order valence-electron chi connectivity index (χ1n) is 6.13. The molecule has 1 rings (SSSR count). The van der Waals surface area contributed by atoms with Crippen LogP contribution in [0.15, 0.2) is 24.3 Å². The lowest BCUT2D eigenvalue weighted by Gasteiger charge is -2.22. The number of rotatable bonds is 5. The lowest BCUT2D eigenvalue weighted by molar-refractivity contribution is -0.150. The molecule has 1 aromatic rings. The van der Waals surface area contributed by atoms with Crippen LogP contribution in [0.5, 0.6) is 0 Å². The van der Waals surface area contributed by atoms with Crippen LogP contribution in [0.1, 0.15) is 25.0 Å². The van der Waals surface area contributed by atoms with Crippen LogP contribution in [0.3, 0.4) is 0 Å². The maximum absolute atomic E-state index is 12.8. The number of hydrogen-bond acceptors (Lipinski definition) is 3. The number of alkyl halides is 3. The van der Waals surface area contributed by atoms with E-state index in [0.717, 1.165) is 6.07 Å². The molecule has 0 unspecified atom stereocenters. The molecule has 0 atom stereocenters. The highest BCUT2D eigenvalue weighted by Gasteiger charge is 2.33. The minimum Gasteiger partial charge on any atom is -0.469 e. The standard InChI is InChI=1S/C14H18F3NO2/c1-13(2,12(19)20-3)9-18-8-10-6-4-5-7-11(10)14(15,16)17/h4-7,18H,8-9H2,1-3H3. The molecule has 0 amide bonds. The zero-order valence-corrected chi connectivity index (χ0v) is 11.7. The van der Waals surface area contributed by atoms with Crippen molar-refractivity contribution < 1.29 is 22.7 Å². The number of hydrogen-bond donors (Lipinski definition) is 1. The molecular weight excluding hydrogens is 271 g/mol. The zero-order valence-electron chi connectivity index (χ0n) is 11.7. The van der Waals surface area contributed by atoms with Crippen LogP contribution in [0.4, 0.5) is 13.2 Å². The third-order valence-electron chi connectivity index (χ3n) is 2.94. The van der Waals surface area contributed by atoms with Crippen LogP contribution in [0, 0.1) is 5.41 Å². The fourth-order valence-electron chi connectivity index (χ4n) is 1.81. The summed E-state index contributed by atoms with van der Waals surface area (Å²) in [5, 5.41) is 2.87. The molecule has 6 heteroatoms. The summed E-state index contributed by atoms with van der Waals surface area (Å²) < 4.78 is 43.0. The van der Waals surface area contributed by atoms with E-state index in [1.165, 1.54) is 19.2 Å². The zero-order chi connectivity index (χ0) is 15.4. The van der Waals surface area contributed by atoms with Gasteiger partial charge in [-0.25, -0.2) is 0 Å². The Hall–Kier alpha value is -1.56. The summed E-state index contributed by atoms with van der Waals surface area (Å²) in [5.41, 5.74) is -1.30. The smallest absolute Gasteiger partial charge is 0.416 e. The Labute approximate surface area is 116 Å². The highest BCUT2D eigenvalue weighted by molar-refractivity contribution is 5.76. The highest BCUT2D eigenvalue weighted by Crippen LogP contribution is 2.31. The fraction of sp³-hybridized carbons (Fsp3) is 0.500. The van der Waals surface area contributed by atoms with Gasteiger partial charge in [-0.15, -0.1) is 0 Å². The van der Waals surface area contributed by atoms with Crippen LogP contribution >= 0.6 is 0 Å². The minimum absolute atomic E-state index is 0.0378. The Kier molecular flexibility index (Phi) is 5.16. The highest BCUT2D eigenvalue weighted by atomic mass is 19.4. The van der Waals surface area contributed by atoms with E-state index in [4.69, 9.17) is 0 Å². The Morgan fingerprint density at radius 3 is 2.40 bits per heavy atom. The van der Waals surface area contributed by atoms with Crippen molar-refractivity contribution in [1.82, 2.24) is 5.32 Å². The molecule has 1 N–H and O–H groups in total. The summed E-state index contributed by atoms with van der Waals surface area (Å²) in [6.45, 7) is 3.60. The summed E-state index contributed by atoms with van der Waals surface area (Å²) in [6.07, 6.45) is -4.38. The first-order valence-corrected chi connectivity index (χ1v) is 6.13. The number of carbonyl (C=O) groups is 1. The first-order chi connectivity index (χ1) is 9.18. The molecule has 0 saturated heterocycles. The lowest BCUT2D eigenvalue weighted by atomic mass is 9.93. The van der Waals surface area contributed by atoms with E-state index in [1.54, 1.807) is 19.9 Å². The minimum atomic E-state index is -4.38. The summed E-state index contributed by atoms with van der Waals surface area (Å²) in [5.74, 6) is -0.408. The predicted molar refractivity (Wildman–Crippen MR) is 68.9 cm³/mol. The second kappa shape index (κ2) is 6.26. The third kappa shape index (κ3) is 4.23. The number of benzene rings is 1. The van der Waals surface area contributed by atoms with Gasteiger partial charge < -0.3 is 10.1 Å². The maximum atomic E-state index is 12.8. The molecule has 0 radical (unpaired) electrons. The number of methoxy groups -OCH3 is 1. The van der Waals surface area contributed by atoms with Crippen LogP contribution in [0.25, 0.3) is 0 Å². The van der Waals surface area contributed by atoms with Gasteiger partial charge in [-0.05, 0) is 25.5 Å². The Balaban J connectivity index is 2.70. The quantitative estimate of drug-likeness (QED) is 0.847. The number of carbonyl (C=O) groups excluding carboxylic acids is 1. The van der Waals surface area contributed by atoms with Crippen LogP contribution < -0.4 is 5.32 Å². The molecule has 0 spiro atoms. The van der Waals surface area contributed by atoms with Gasteiger partial charge in [-0.2, -0.15) is 13.2 Å². The molecule has 0 aliphatic heterocycles. The molecule has 0 aliphatic carbocycles. The Morgan fingerprint density at radius 1 is 1.25 bits per heavy atom. The fourth-order valence-corrected chi connectivity index (χ4v) is 1.81. The molecule has 0 fully saturated rings. The van der Waals surface area contributed by atoms with Crippen molar-refractivity contribution in [3.63, 3.8) is 0 Å². The number of ether oxygens (including phenoxy) is 1. The first kappa shape index (κ1) is 16.5. The third-order valence-corrected chi connectivity index (χ3v) is 2.94. The summed E-state index contributed by atoms with van der Waals surface area (Å²) in [7, 11) is 1.28. The van der Waals surface area contributed by atoms with Gasteiger partial charge >= 0.3 is 12.1 Å². The topological polar surface area (TPSA) is 38.3 Å². The summed E-state index contributed by atoms with van der Waals surface area (Å²) >= 11 is 0. The SMILES string of the molecule is COC(=O)C(C)(C)CNCc1ccccc1C(F)(F)F. The van der Waals surface area contributed by atoms with Crippen molar-refractivity contribution in [1.29, 1.82) is 0 Å². The molecule has 20 heavy (non-hydrogen) atoms. The van der Waals surface area contributed by atoms with Gasteiger partial charge in [0.15, 0.2) is 0 Å². The molecule has 1 aromatic carbocycles. The van der Waals surface area contributed by atoms with Gasteiger partial charge in [0.25, 0.3) is 0 Å². The largest absolute Gasteiger partial charge is 0.469 e. The van der Waals surface area contributed by atoms with Crippen LogP contribution in [-0.4, -0.2) is 19.6 Å². The molecule has 0 saturated carbocycles. The molecule has 0 aliphatic rings. The van der Waals surface area contributed by atoms with E-state index in [9.17, 15) is 18.0 Å². The molecule has 0 bridgehead atoms. The Bertz CT molecular complexity index is 470. The van der Waals surface area contributed by atoms with E-state index < -0.39 is 23.1 Å². The van der Waals surface area contributed by atoms with Gasteiger partial charge in [-0.3, -0.25) is 4.79 Å². The summed E-state index contributed by atoms with van der Waals surface area (Å²) in [4.78, 5) is 11.5. The van der Waals surface area contributed by atoms with Crippen molar-refractivity contribution in [3.8, 4) is 0 Å². The van der Waals surface area contributed by atoms with E-state index in [2.05, 4.69) is 10.1 Å². The van der Waals surface area contributed by atoms with Crippen LogP contribution in [-0.2, 0) is 22.3 Å². The van der Waals surface area contributed by atoms with Gasteiger partial charge in [-0.1, -0.05) is 18.2 Å². The van der Waals surface area contributed by atoms with Gasteiger partial charge in [0.2, 0.25) is 0 Å². The predicted octanol–water partition coefficient (Wildman–Crippen LogP) is 2.99. The van der Waals surface area contributed by atoms with Gasteiger partial charge in [0.05, 0.1) is 18.1 Å². The van der Waals surface area contributed by atoms with E-state index in [-0.39, 0.29) is 18.7 Å². The molecule has 0 aromatic heterocycles. The molecule has 112 valence electrons. The second-order valence-electron chi connectivity index (χ2n) is 5.13. The van der Waals surface area contributed by atoms with Gasteiger partial charge in [0, 0.05) is 13.1 Å².